The molecule has 1 nitrogen and oxygen atoms in total. The maximum atomic E-state index is 12.9. The predicted molar refractivity (Wildman–Crippen MR) is 92.7 cm³/mol. The Morgan fingerprint density at radius 3 is 2.04 bits per heavy atom. The van der Waals surface area contributed by atoms with Gasteiger partial charge in [-0.05, 0) is 60.5 Å². The zero-order chi connectivity index (χ0) is 19.5. The van der Waals surface area contributed by atoms with Crippen LogP contribution in [-0.2, 0) is 18.8 Å². The number of hydrogen-bond acceptors (Lipinski definition) is 2. The Hall–Kier alpha value is -1.44. The summed E-state index contributed by atoms with van der Waals surface area (Å²) < 4.78 is 77.5. The monoisotopic (exact) mass is 395 g/mol. The number of halogens is 6. The molecule has 0 spiro atoms. The van der Waals surface area contributed by atoms with Gasteiger partial charge in [0.2, 0.25) is 0 Å². The lowest BCUT2D eigenvalue weighted by atomic mass is 9.81. The van der Waals surface area contributed by atoms with E-state index in [1.807, 2.05) is 0 Å². The molecule has 0 aromatic heterocycles. The molecular formula is C18H19F6NS. The number of thiocarbonyl (C=S) groups is 1. The minimum atomic E-state index is -4.85. The Morgan fingerprint density at radius 2 is 1.54 bits per heavy atom. The summed E-state index contributed by atoms with van der Waals surface area (Å²) in [5.41, 5.74) is -2.70. The first-order valence-corrected chi connectivity index (χ1v) is 8.67. The second kappa shape index (κ2) is 8.06. The van der Waals surface area contributed by atoms with Gasteiger partial charge in [-0.2, -0.15) is 26.3 Å². The van der Waals surface area contributed by atoms with Crippen molar-refractivity contribution in [2.45, 2.75) is 56.9 Å². The van der Waals surface area contributed by atoms with Gasteiger partial charge >= 0.3 is 12.4 Å². The zero-order valence-corrected chi connectivity index (χ0v) is 14.8. The van der Waals surface area contributed by atoms with Crippen molar-refractivity contribution in [1.29, 1.82) is 0 Å². The zero-order valence-electron chi connectivity index (χ0n) is 14.0. The van der Waals surface area contributed by atoms with Crippen LogP contribution in [0.3, 0.4) is 0 Å². The van der Waals surface area contributed by atoms with Crippen LogP contribution in [-0.4, -0.2) is 17.6 Å². The second-order valence-electron chi connectivity index (χ2n) is 6.63. The Balaban J connectivity index is 2.19. The molecule has 2 rings (SSSR count). The Morgan fingerprint density at radius 1 is 1.00 bits per heavy atom. The molecular weight excluding hydrogens is 376 g/mol. The van der Waals surface area contributed by atoms with Crippen molar-refractivity contribution in [3.8, 4) is 0 Å². The molecule has 0 saturated heterocycles. The minimum absolute atomic E-state index is 0.0499. The van der Waals surface area contributed by atoms with Gasteiger partial charge in [-0.1, -0.05) is 25.1 Å². The standard InChI is InChI=1S/C18H19F6NS/c1-25-16-5-3-2-4-12(16)9-15(26)8-11-6-13(17(19,20)21)10-14(7-11)18(22,23)24/h6-7,10,12,16H,1-5,8-9H2/t12-,16+/m1/s1. The summed E-state index contributed by atoms with van der Waals surface area (Å²) in [7, 11) is 0. The largest absolute Gasteiger partial charge is 0.416 e. The molecule has 1 aromatic rings. The summed E-state index contributed by atoms with van der Waals surface area (Å²) in [5.74, 6) is 0.154. The third kappa shape index (κ3) is 5.53. The molecule has 1 saturated carbocycles. The van der Waals surface area contributed by atoms with Crippen LogP contribution in [0, 0.1) is 5.92 Å². The van der Waals surface area contributed by atoms with Gasteiger partial charge in [-0.15, -0.1) is 0 Å². The topological polar surface area (TPSA) is 12.4 Å². The minimum Gasteiger partial charge on any atom is -0.297 e. The first-order valence-electron chi connectivity index (χ1n) is 8.26. The summed E-state index contributed by atoms with van der Waals surface area (Å²) in [5, 5.41) is 0. The number of benzene rings is 1. The fourth-order valence-electron chi connectivity index (χ4n) is 3.38. The Kier molecular flexibility index (Phi) is 6.47. The molecule has 1 fully saturated rings. The quantitative estimate of drug-likeness (QED) is 0.324. The Bertz CT molecular complexity index is 632. The van der Waals surface area contributed by atoms with Crippen LogP contribution in [0.15, 0.2) is 23.2 Å². The van der Waals surface area contributed by atoms with Gasteiger partial charge in [0.25, 0.3) is 0 Å². The number of aliphatic imine (C=N–C) groups is 1. The smallest absolute Gasteiger partial charge is 0.297 e. The van der Waals surface area contributed by atoms with E-state index < -0.39 is 23.5 Å². The van der Waals surface area contributed by atoms with E-state index in [9.17, 15) is 26.3 Å². The van der Waals surface area contributed by atoms with Crippen LogP contribution in [0.25, 0.3) is 0 Å². The molecule has 1 aliphatic rings. The van der Waals surface area contributed by atoms with E-state index in [1.54, 1.807) is 0 Å². The van der Waals surface area contributed by atoms with Crippen LogP contribution < -0.4 is 0 Å². The van der Waals surface area contributed by atoms with Crippen molar-refractivity contribution >= 4 is 23.8 Å². The average molecular weight is 395 g/mol. The van der Waals surface area contributed by atoms with Crippen molar-refractivity contribution in [3.63, 3.8) is 0 Å². The molecule has 8 heteroatoms. The normalized spacial score (nSPS) is 21.5. The van der Waals surface area contributed by atoms with Crippen LogP contribution in [0.4, 0.5) is 26.3 Å². The first kappa shape index (κ1) is 20.9. The first-order chi connectivity index (χ1) is 12.0. The SMILES string of the molecule is C=N[C@H]1CCCC[C@@H]1CC(=S)Cc1cc(C(F)(F)F)cc(C(F)(F)F)c1. The highest BCUT2D eigenvalue weighted by Gasteiger charge is 2.37. The third-order valence-corrected chi connectivity index (χ3v) is 4.95. The van der Waals surface area contributed by atoms with Crippen molar-refractivity contribution in [2.75, 3.05) is 0 Å². The van der Waals surface area contributed by atoms with Gasteiger partial charge in [0.1, 0.15) is 0 Å². The van der Waals surface area contributed by atoms with Crippen molar-refractivity contribution < 1.29 is 26.3 Å². The van der Waals surface area contributed by atoms with Gasteiger partial charge in [0, 0.05) is 6.42 Å². The van der Waals surface area contributed by atoms with E-state index in [1.165, 1.54) is 0 Å². The highest BCUT2D eigenvalue weighted by Crippen LogP contribution is 2.37. The molecule has 0 unspecified atom stereocenters. The number of hydrogen-bond donors (Lipinski definition) is 0. The molecule has 0 N–H and O–H groups in total. The lowest BCUT2D eigenvalue weighted by Crippen LogP contribution is -2.25. The fraction of sp³-hybridized carbons (Fsp3) is 0.556. The summed E-state index contributed by atoms with van der Waals surface area (Å²) in [6.07, 6.45) is -5.51. The molecule has 0 aliphatic heterocycles. The number of alkyl halides is 6. The third-order valence-electron chi connectivity index (χ3n) is 4.64. The van der Waals surface area contributed by atoms with Crippen LogP contribution in [0.2, 0.25) is 0 Å². The summed E-state index contributed by atoms with van der Waals surface area (Å²) in [6.45, 7) is 3.56. The van der Waals surface area contributed by atoms with Gasteiger partial charge in [0.05, 0.1) is 17.2 Å². The van der Waals surface area contributed by atoms with Gasteiger partial charge in [-0.25, -0.2) is 0 Å². The highest BCUT2D eigenvalue weighted by molar-refractivity contribution is 7.80. The van der Waals surface area contributed by atoms with Crippen molar-refractivity contribution in [3.05, 3.63) is 34.9 Å². The molecule has 0 radical (unpaired) electrons. The summed E-state index contributed by atoms with van der Waals surface area (Å²) in [6, 6.07) is 1.66. The molecule has 2 atom stereocenters. The molecule has 144 valence electrons. The van der Waals surface area contributed by atoms with E-state index in [-0.39, 0.29) is 30.0 Å². The predicted octanol–water partition coefficient (Wildman–Crippen LogP) is 6.29. The summed E-state index contributed by atoms with van der Waals surface area (Å²) in [4.78, 5) is 4.52. The van der Waals surface area contributed by atoms with Gasteiger partial charge in [0.15, 0.2) is 0 Å². The molecule has 1 aliphatic carbocycles. The maximum Gasteiger partial charge on any atom is 0.416 e. The highest BCUT2D eigenvalue weighted by atomic mass is 32.1. The van der Waals surface area contributed by atoms with Crippen molar-refractivity contribution in [2.24, 2.45) is 10.9 Å². The van der Waals surface area contributed by atoms with E-state index in [4.69, 9.17) is 12.2 Å². The maximum absolute atomic E-state index is 12.9. The molecule has 1 aromatic carbocycles. The van der Waals surface area contributed by atoms with Gasteiger partial charge in [-0.3, -0.25) is 4.99 Å². The lowest BCUT2D eigenvalue weighted by Gasteiger charge is -2.28. The number of nitrogens with zero attached hydrogens (tertiary/aromatic N) is 1. The molecule has 0 bridgehead atoms. The number of rotatable bonds is 5. The van der Waals surface area contributed by atoms with Crippen molar-refractivity contribution in [1.82, 2.24) is 0 Å². The molecule has 26 heavy (non-hydrogen) atoms. The van der Waals surface area contributed by atoms with Crippen LogP contribution in [0.1, 0.15) is 48.8 Å². The van der Waals surface area contributed by atoms with Gasteiger partial charge < -0.3 is 0 Å². The van der Waals surface area contributed by atoms with E-state index in [0.29, 0.717) is 11.3 Å². The second-order valence-corrected chi connectivity index (χ2v) is 7.21. The fourth-order valence-corrected chi connectivity index (χ4v) is 3.76. The average Bonchev–Trinajstić information content (AvgIpc) is 2.53. The molecule has 0 amide bonds. The van der Waals surface area contributed by atoms with E-state index in [0.717, 1.165) is 37.8 Å². The summed E-state index contributed by atoms with van der Waals surface area (Å²) >= 11 is 5.27. The lowest BCUT2D eigenvalue weighted by molar-refractivity contribution is -0.143. The Labute approximate surface area is 153 Å². The van der Waals surface area contributed by atoms with E-state index in [2.05, 4.69) is 11.7 Å². The van der Waals surface area contributed by atoms with E-state index >= 15 is 0 Å². The molecule has 0 heterocycles. The van der Waals surface area contributed by atoms with Crippen LogP contribution >= 0.6 is 12.2 Å². The van der Waals surface area contributed by atoms with Crippen LogP contribution in [0.5, 0.6) is 0 Å².